The van der Waals surface area contributed by atoms with E-state index in [1.807, 2.05) is 17.0 Å². The molecule has 2 aromatic carbocycles. The quantitative estimate of drug-likeness (QED) is 0.475. The zero-order valence-electron chi connectivity index (χ0n) is 21.3. The minimum Gasteiger partial charge on any atom is -0.368 e. The zero-order chi connectivity index (χ0) is 26.5. The predicted octanol–water partition coefficient (Wildman–Crippen LogP) is 6.46. The van der Waals surface area contributed by atoms with Crippen molar-refractivity contribution in [2.24, 2.45) is 11.3 Å². The maximum absolute atomic E-state index is 13.1. The van der Waals surface area contributed by atoms with Gasteiger partial charge in [-0.1, -0.05) is 39.8 Å². The van der Waals surface area contributed by atoms with E-state index in [1.54, 1.807) is 12.1 Å². The Labute approximate surface area is 210 Å². The third-order valence-electron chi connectivity index (χ3n) is 6.09. The molecular formula is C27H35F3N4O2. The van der Waals surface area contributed by atoms with Gasteiger partial charge >= 0.3 is 12.2 Å². The van der Waals surface area contributed by atoms with Gasteiger partial charge in [0, 0.05) is 44.0 Å². The van der Waals surface area contributed by atoms with Crippen molar-refractivity contribution in [3.05, 3.63) is 54.1 Å². The SMILES string of the molecule is CC(CC(=O)N1CCN(c2ccc(NC(=O)Nc3ccccc3C(F)(F)F)cc2)CC1)CC(C)(C)C. The van der Waals surface area contributed by atoms with Crippen LogP contribution < -0.4 is 15.5 Å². The monoisotopic (exact) mass is 504 g/mol. The molecule has 0 spiro atoms. The highest BCUT2D eigenvalue weighted by molar-refractivity contribution is 6.00. The Balaban J connectivity index is 1.50. The number of hydrogen-bond acceptors (Lipinski definition) is 3. The average Bonchev–Trinajstić information content (AvgIpc) is 2.78. The average molecular weight is 505 g/mol. The molecule has 1 atom stereocenters. The fourth-order valence-corrected chi connectivity index (χ4v) is 4.64. The summed E-state index contributed by atoms with van der Waals surface area (Å²) in [6.07, 6.45) is -3.00. The maximum atomic E-state index is 13.1. The Morgan fingerprint density at radius 3 is 2.11 bits per heavy atom. The molecule has 2 aromatic rings. The summed E-state index contributed by atoms with van der Waals surface area (Å²) in [6, 6.07) is 11.2. The van der Waals surface area contributed by atoms with E-state index in [-0.39, 0.29) is 17.0 Å². The van der Waals surface area contributed by atoms with Gasteiger partial charge in [-0.2, -0.15) is 13.2 Å². The van der Waals surface area contributed by atoms with Gasteiger partial charge in [-0.05, 0) is 54.2 Å². The van der Waals surface area contributed by atoms with Gasteiger partial charge in [-0.25, -0.2) is 4.79 Å². The fourth-order valence-electron chi connectivity index (χ4n) is 4.64. The van der Waals surface area contributed by atoms with Crippen molar-refractivity contribution in [1.82, 2.24) is 4.90 Å². The number of benzene rings is 2. The Morgan fingerprint density at radius 1 is 0.917 bits per heavy atom. The van der Waals surface area contributed by atoms with Gasteiger partial charge < -0.3 is 20.4 Å². The smallest absolute Gasteiger partial charge is 0.368 e. The number of nitrogens with zero attached hydrogens (tertiary/aromatic N) is 2. The Bertz CT molecular complexity index is 1040. The van der Waals surface area contributed by atoms with Gasteiger partial charge in [0.1, 0.15) is 0 Å². The lowest BCUT2D eigenvalue weighted by Gasteiger charge is -2.37. The van der Waals surface area contributed by atoms with E-state index < -0.39 is 17.8 Å². The molecule has 0 aliphatic carbocycles. The molecule has 1 saturated heterocycles. The maximum Gasteiger partial charge on any atom is 0.418 e. The minimum absolute atomic E-state index is 0.198. The number of carbonyl (C=O) groups is 2. The standard InChI is InChI=1S/C27H35F3N4O2/c1-19(18-26(2,3)4)17-24(35)34-15-13-33(14-16-34)21-11-9-20(10-12-21)31-25(36)32-23-8-6-5-7-22(23)27(28,29)30/h5-12,19H,13-18H2,1-4H3,(H2,31,32,36). The highest BCUT2D eigenvalue weighted by atomic mass is 19.4. The largest absolute Gasteiger partial charge is 0.418 e. The molecule has 1 unspecified atom stereocenters. The molecule has 0 bridgehead atoms. The van der Waals surface area contributed by atoms with Crippen molar-refractivity contribution in [3.63, 3.8) is 0 Å². The summed E-state index contributed by atoms with van der Waals surface area (Å²) in [7, 11) is 0. The van der Waals surface area contributed by atoms with Crippen LogP contribution in [0.1, 0.15) is 46.1 Å². The van der Waals surface area contributed by atoms with E-state index in [2.05, 4.69) is 43.2 Å². The normalized spacial score (nSPS) is 15.4. The van der Waals surface area contributed by atoms with Crippen LogP contribution in [0.2, 0.25) is 0 Å². The molecule has 0 radical (unpaired) electrons. The third kappa shape index (κ3) is 7.90. The van der Waals surface area contributed by atoms with Gasteiger partial charge in [0.2, 0.25) is 5.91 Å². The second-order valence-corrected chi connectivity index (χ2v) is 10.6. The molecule has 9 heteroatoms. The van der Waals surface area contributed by atoms with E-state index in [1.165, 1.54) is 18.2 Å². The lowest BCUT2D eigenvalue weighted by Crippen LogP contribution is -2.49. The summed E-state index contributed by atoms with van der Waals surface area (Å²) in [5.41, 5.74) is 0.406. The van der Waals surface area contributed by atoms with Crippen LogP contribution in [0, 0.1) is 11.3 Å². The zero-order valence-corrected chi connectivity index (χ0v) is 21.3. The molecule has 2 N–H and O–H groups in total. The molecule has 3 amide bonds. The van der Waals surface area contributed by atoms with Crippen molar-refractivity contribution in [1.29, 1.82) is 0 Å². The number of piperazine rings is 1. The molecule has 1 fully saturated rings. The molecule has 6 nitrogen and oxygen atoms in total. The van der Waals surface area contributed by atoms with Gasteiger partial charge in [0.15, 0.2) is 0 Å². The van der Waals surface area contributed by atoms with Crippen molar-refractivity contribution < 1.29 is 22.8 Å². The molecule has 0 saturated carbocycles. The number of halogens is 3. The Hall–Kier alpha value is -3.23. The molecule has 1 heterocycles. The van der Waals surface area contributed by atoms with Crippen LogP contribution in [0.4, 0.5) is 35.0 Å². The number of anilines is 3. The number of hydrogen-bond donors (Lipinski definition) is 2. The van der Waals surface area contributed by atoms with Crippen molar-refractivity contribution >= 4 is 29.0 Å². The van der Waals surface area contributed by atoms with Crippen molar-refractivity contribution in [2.45, 2.75) is 46.7 Å². The lowest BCUT2D eigenvalue weighted by molar-refractivity contribution is -0.137. The molecule has 1 aliphatic rings. The first kappa shape index (κ1) is 27.4. The second kappa shape index (κ2) is 11.2. The molecule has 1 aliphatic heterocycles. The number of alkyl halides is 3. The molecule has 3 rings (SSSR count). The van der Waals surface area contributed by atoms with Crippen molar-refractivity contribution in [3.8, 4) is 0 Å². The number of nitrogens with one attached hydrogen (secondary N) is 2. The first-order valence-electron chi connectivity index (χ1n) is 12.2. The number of carbonyl (C=O) groups excluding carboxylic acids is 2. The number of para-hydroxylation sites is 1. The highest BCUT2D eigenvalue weighted by Gasteiger charge is 2.33. The van der Waals surface area contributed by atoms with Crippen LogP contribution in [0.25, 0.3) is 0 Å². The van der Waals surface area contributed by atoms with Gasteiger partial charge in [-0.3, -0.25) is 4.79 Å². The van der Waals surface area contributed by atoms with Crippen LogP contribution in [-0.2, 0) is 11.0 Å². The summed E-state index contributed by atoms with van der Waals surface area (Å²) in [6.45, 7) is 11.4. The van der Waals surface area contributed by atoms with Crippen LogP contribution >= 0.6 is 0 Å². The fraction of sp³-hybridized carbons (Fsp3) is 0.481. The summed E-state index contributed by atoms with van der Waals surface area (Å²) in [5.74, 6) is 0.541. The first-order valence-corrected chi connectivity index (χ1v) is 12.2. The summed E-state index contributed by atoms with van der Waals surface area (Å²) < 4.78 is 39.4. The highest BCUT2D eigenvalue weighted by Crippen LogP contribution is 2.34. The predicted molar refractivity (Wildman–Crippen MR) is 137 cm³/mol. The van der Waals surface area contributed by atoms with Crippen LogP contribution in [0.5, 0.6) is 0 Å². The summed E-state index contributed by atoms with van der Waals surface area (Å²) in [4.78, 5) is 29.1. The molecule has 196 valence electrons. The van der Waals surface area contributed by atoms with Crippen LogP contribution in [0.15, 0.2) is 48.5 Å². The topological polar surface area (TPSA) is 64.7 Å². The minimum atomic E-state index is -4.56. The van der Waals surface area contributed by atoms with Gasteiger partial charge in [0.25, 0.3) is 0 Å². The van der Waals surface area contributed by atoms with Gasteiger partial charge in [-0.15, -0.1) is 0 Å². The van der Waals surface area contributed by atoms with E-state index in [4.69, 9.17) is 0 Å². The Morgan fingerprint density at radius 2 is 1.53 bits per heavy atom. The number of rotatable bonds is 6. The van der Waals surface area contributed by atoms with Crippen LogP contribution in [-0.4, -0.2) is 43.0 Å². The van der Waals surface area contributed by atoms with E-state index in [9.17, 15) is 22.8 Å². The number of amides is 3. The molecular weight excluding hydrogens is 469 g/mol. The van der Waals surface area contributed by atoms with E-state index in [0.29, 0.717) is 44.2 Å². The first-order chi connectivity index (χ1) is 16.8. The van der Waals surface area contributed by atoms with Gasteiger partial charge in [0.05, 0.1) is 11.3 Å². The van der Waals surface area contributed by atoms with Crippen LogP contribution in [0.3, 0.4) is 0 Å². The Kier molecular flexibility index (Phi) is 8.53. The molecule has 0 aromatic heterocycles. The molecule has 36 heavy (non-hydrogen) atoms. The van der Waals surface area contributed by atoms with Crippen molar-refractivity contribution in [2.75, 3.05) is 41.7 Å². The van der Waals surface area contributed by atoms with E-state index >= 15 is 0 Å². The summed E-state index contributed by atoms with van der Waals surface area (Å²) >= 11 is 0. The summed E-state index contributed by atoms with van der Waals surface area (Å²) in [5, 5.41) is 4.83. The lowest BCUT2D eigenvalue weighted by atomic mass is 9.84. The second-order valence-electron chi connectivity index (χ2n) is 10.6. The number of urea groups is 1. The van der Waals surface area contributed by atoms with E-state index in [0.717, 1.165) is 18.2 Å². The third-order valence-corrected chi connectivity index (χ3v) is 6.09.